The van der Waals surface area contributed by atoms with Crippen LogP contribution in [0.1, 0.15) is 22.8 Å². The van der Waals surface area contributed by atoms with E-state index in [-0.39, 0.29) is 18.3 Å². The molecule has 0 aliphatic rings. The highest BCUT2D eigenvalue weighted by molar-refractivity contribution is 7.16. The van der Waals surface area contributed by atoms with Crippen molar-refractivity contribution in [3.63, 3.8) is 0 Å². The van der Waals surface area contributed by atoms with Gasteiger partial charge in [0.05, 0.1) is 35.4 Å². The third kappa shape index (κ3) is 5.32. The van der Waals surface area contributed by atoms with Crippen LogP contribution in [0.5, 0.6) is 0 Å². The van der Waals surface area contributed by atoms with E-state index in [9.17, 15) is 9.59 Å². The fourth-order valence-corrected chi connectivity index (χ4v) is 4.06. The van der Waals surface area contributed by atoms with Crippen LogP contribution >= 0.6 is 22.9 Å². The molecule has 0 N–H and O–H groups in total. The zero-order valence-corrected chi connectivity index (χ0v) is 17.8. The third-order valence-electron chi connectivity index (χ3n) is 4.20. The first kappa shape index (κ1) is 21.2. The van der Waals surface area contributed by atoms with E-state index in [2.05, 4.69) is 4.99 Å². The number of ether oxygens (including phenoxy) is 2. The van der Waals surface area contributed by atoms with Gasteiger partial charge in [-0.2, -0.15) is 4.99 Å². The normalized spacial score (nSPS) is 11.8. The maximum Gasteiger partial charge on any atom is 0.338 e. The number of benzene rings is 2. The molecule has 0 fully saturated rings. The summed E-state index contributed by atoms with van der Waals surface area (Å²) in [5.41, 5.74) is 2.20. The van der Waals surface area contributed by atoms with Crippen molar-refractivity contribution in [3.8, 4) is 0 Å². The van der Waals surface area contributed by atoms with E-state index in [1.807, 2.05) is 22.8 Å². The maximum atomic E-state index is 12.5. The molecule has 0 saturated heterocycles. The van der Waals surface area contributed by atoms with Gasteiger partial charge in [0, 0.05) is 18.7 Å². The SMILES string of the molecule is CCOC(=O)c1ccc2c(c1)sc(=NC(=O)Cc1ccc(Cl)cc1)n2CCOC. The maximum absolute atomic E-state index is 12.5. The number of carbonyl (C=O) groups is 2. The Hall–Kier alpha value is -2.48. The number of hydrogen-bond donors (Lipinski definition) is 0. The van der Waals surface area contributed by atoms with Crippen molar-refractivity contribution < 1.29 is 19.1 Å². The number of aromatic nitrogens is 1. The fourth-order valence-electron chi connectivity index (χ4n) is 2.82. The summed E-state index contributed by atoms with van der Waals surface area (Å²) < 4.78 is 13.0. The Bertz CT molecular complexity index is 1090. The van der Waals surface area contributed by atoms with E-state index >= 15 is 0 Å². The Labute approximate surface area is 177 Å². The minimum absolute atomic E-state index is 0.184. The highest BCUT2D eigenvalue weighted by Gasteiger charge is 2.12. The number of amides is 1. The molecule has 0 atom stereocenters. The second kappa shape index (κ2) is 9.82. The number of fused-ring (bicyclic) bond motifs is 1. The molecule has 0 radical (unpaired) electrons. The van der Waals surface area contributed by atoms with Crippen LogP contribution in [0.4, 0.5) is 0 Å². The van der Waals surface area contributed by atoms with Gasteiger partial charge in [0.15, 0.2) is 4.80 Å². The lowest BCUT2D eigenvalue weighted by Crippen LogP contribution is -2.19. The highest BCUT2D eigenvalue weighted by atomic mass is 35.5. The average Bonchev–Trinajstić information content (AvgIpc) is 3.04. The quantitative estimate of drug-likeness (QED) is 0.532. The molecule has 0 bridgehead atoms. The van der Waals surface area contributed by atoms with Crippen molar-refractivity contribution >= 4 is 45.0 Å². The molecule has 0 unspecified atom stereocenters. The summed E-state index contributed by atoms with van der Waals surface area (Å²) in [5, 5.41) is 0.623. The van der Waals surface area contributed by atoms with Crippen LogP contribution in [0, 0.1) is 0 Å². The Morgan fingerprint density at radius 3 is 2.62 bits per heavy atom. The van der Waals surface area contributed by atoms with Crippen LogP contribution in [0.25, 0.3) is 10.2 Å². The molecule has 0 saturated carbocycles. The first-order chi connectivity index (χ1) is 14.0. The van der Waals surface area contributed by atoms with Gasteiger partial charge in [0.1, 0.15) is 0 Å². The summed E-state index contributed by atoms with van der Waals surface area (Å²) >= 11 is 7.25. The zero-order valence-electron chi connectivity index (χ0n) is 16.2. The van der Waals surface area contributed by atoms with E-state index in [1.54, 1.807) is 38.3 Å². The summed E-state index contributed by atoms with van der Waals surface area (Å²) in [7, 11) is 1.62. The molecule has 0 aliphatic heterocycles. The van der Waals surface area contributed by atoms with E-state index in [4.69, 9.17) is 21.1 Å². The highest BCUT2D eigenvalue weighted by Crippen LogP contribution is 2.20. The molecule has 1 aromatic heterocycles. The molecule has 8 heteroatoms. The standard InChI is InChI=1S/C21H21ClN2O4S/c1-3-28-20(26)15-6-9-17-18(13-15)29-21(24(17)10-11-27-2)23-19(25)12-14-4-7-16(22)8-5-14/h4-9,13H,3,10-12H2,1-2H3. The second-order valence-corrected chi connectivity index (χ2v) is 7.69. The predicted molar refractivity (Wildman–Crippen MR) is 113 cm³/mol. The van der Waals surface area contributed by atoms with Crippen molar-refractivity contribution in [2.75, 3.05) is 20.3 Å². The van der Waals surface area contributed by atoms with E-state index in [0.717, 1.165) is 15.8 Å². The van der Waals surface area contributed by atoms with Gasteiger partial charge in [-0.1, -0.05) is 35.1 Å². The monoisotopic (exact) mass is 432 g/mol. The average molecular weight is 433 g/mol. The molecule has 1 amide bonds. The first-order valence-electron chi connectivity index (χ1n) is 9.13. The smallest absolute Gasteiger partial charge is 0.338 e. The number of carbonyl (C=O) groups excluding carboxylic acids is 2. The molecule has 3 aromatic rings. The second-order valence-electron chi connectivity index (χ2n) is 6.24. The molecule has 6 nitrogen and oxygen atoms in total. The van der Waals surface area contributed by atoms with Crippen molar-refractivity contribution in [3.05, 3.63) is 63.4 Å². The minimum atomic E-state index is -0.372. The largest absolute Gasteiger partial charge is 0.462 e. The van der Waals surface area contributed by atoms with Crippen LogP contribution in [0.2, 0.25) is 5.02 Å². The van der Waals surface area contributed by atoms with Crippen LogP contribution in [-0.2, 0) is 27.2 Å². The van der Waals surface area contributed by atoms with Crippen molar-refractivity contribution in [1.29, 1.82) is 0 Å². The topological polar surface area (TPSA) is 69.9 Å². The Kier molecular flexibility index (Phi) is 7.19. The minimum Gasteiger partial charge on any atom is -0.462 e. The van der Waals surface area contributed by atoms with Gasteiger partial charge in [0.25, 0.3) is 5.91 Å². The summed E-state index contributed by atoms with van der Waals surface area (Å²) in [5.74, 6) is -0.626. The summed E-state index contributed by atoms with van der Waals surface area (Å²) in [6.07, 6.45) is 0.184. The number of halogens is 1. The molecule has 152 valence electrons. The lowest BCUT2D eigenvalue weighted by Gasteiger charge is -2.05. The number of rotatable bonds is 7. The fraction of sp³-hybridized carbons (Fsp3) is 0.286. The van der Waals surface area contributed by atoms with Gasteiger partial charge in [-0.3, -0.25) is 4.79 Å². The predicted octanol–water partition coefficient (Wildman–Crippen LogP) is 3.85. The third-order valence-corrected chi connectivity index (χ3v) is 5.49. The molecule has 3 rings (SSSR count). The van der Waals surface area contributed by atoms with Crippen molar-refractivity contribution in [2.24, 2.45) is 4.99 Å². The van der Waals surface area contributed by atoms with Gasteiger partial charge >= 0.3 is 5.97 Å². The zero-order chi connectivity index (χ0) is 20.8. The lowest BCUT2D eigenvalue weighted by molar-refractivity contribution is -0.117. The molecular formula is C21H21ClN2O4S. The summed E-state index contributed by atoms with van der Waals surface area (Å²) in [6, 6.07) is 12.4. The van der Waals surface area contributed by atoms with E-state index in [1.165, 1.54) is 11.3 Å². The van der Waals surface area contributed by atoms with Crippen molar-refractivity contribution in [2.45, 2.75) is 19.9 Å². The first-order valence-corrected chi connectivity index (χ1v) is 10.3. The van der Waals surface area contributed by atoms with E-state index in [0.29, 0.717) is 35.1 Å². The summed E-state index contributed by atoms with van der Waals surface area (Å²) in [4.78, 5) is 29.4. The number of hydrogen-bond acceptors (Lipinski definition) is 5. The van der Waals surface area contributed by atoms with Crippen LogP contribution < -0.4 is 4.80 Å². The molecule has 29 heavy (non-hydrogen) atoms. The molecule has 0 aliphatic carbocycles. The van der Waals surface area contributed by atoms with Crippen molar-refractivity contribution in [1.82, 2.24) is 4.57 Å². The number of methoxy groups -OCH3 is 1. The Morgan fingerprint density at radius 1 is 1.17 bits per heavy atom. The summed E-state index contributed by atoms with van der Waals surface area (Å²) in [6.45, 7) is 3.10. The molecular weight excluding hydrogens is 412 g/mol. The number of thiazole rings is 1. The van der Waals surface area contributed by atoms with Gasteiger partial charge < -0.3 is 14.0 Å². The van der Waals surface area contributed by atoms with Crippen LogP contribution in [0.3, 0.4) is 0 Å². The Morgan fingerprint density at radius 2 is 1.93 bits per heavy atom. The van der Waals surface area contributed by atoms with Gasteiger partial charge in [-0.05, 0) is 42.8 Å². The number of nitrogens with zero attached hydrogens (tertiary/aromatic N) is 2. The molecule has 2 aromatic carbocycles. The molecule has 0 spiro atoms. The Balaban J connectivity index is 1.97. The number of esters is 1. The van der Waals surface area contributed by atoms with Crippen LogP contribution in [0.15, 0.2) is 47.5 Å². The van der Waals surface area contributed by atoms with E-state index < -0.39 is 0 Å². The molecule has 1 heterocycles. The van der Waals surface area contributed by atoms with Gasteiger partial charge in [-0.15, -0.1) is 0 Å². The lowest BCUT2D eigenvalue weighted by atomic mass is 10.1. The van der Waals surface area contributed by atoms with Gasteiger partial charge in [-0.25, -0.2) is 4.79 Å². The van der Waals surface area contributed by atoms with Crippen LogP contribution in [-0.4, -0.2) is 36.8 Å². The van der Waals surface area contributed by atoms with Gasteiger partial charge in [0.2, 0.25) is 0 Å².